The number of halogens is 2. The number of imidazole rings is 1. The Morgan fingerprint density at radius 1 is 1.52 bits per heavy atom. The minimum Gasteiger partial charge on any atom is -0.370 e. The molecule has 0 fully saturated rings. The summed E-state index contributed by atoms with van der Waals surface area (Å²) in [6.45, 7) is 8.85. The predicted octanol–water partition coefficient (Wildman–Crippen LogP) is 3.00. The van der Waals surface area contributed by atoms with Gasteiger partial charge in [0.2, 0.25) is 0 Å². The van der Waals surface area contributed by atoms with E-state index in [9.17, 15) is 0 Å². The maximum Gasteiger partial charge on any atom is 0.189 e. The molecule has 0 unspecified atom stereocenters. The molecule has 0 amide bonds. The van der Waals surface area contributed by atoms with E-state index in [1.165, 1.54) is 0 Å². The van der Waals surface area contributed by atoms with Crippen molar-refractivity contribution in [2.24, 2.45) is 10.7 Å². The molecule has 0 spiro atoms. The molecule has 0 aromatic carbocycles. The summed E-state index contributed by atoms with van der Waals surface area (Å²) in [5.41, 5.74) is 9.72. The van der Waals surface area contributed by atoms with E-state index >= 15 is 0 Å². The van der Waals surface area contributed by atoms with Gasteiger partial charge in [-0.15, -0.1) is 24.0 Å². The minimum atomic E-state index is 0. The number of fused-ring (bicyclic) bond motifs is 1. The predicted molar refractivity (Wildman–Crippen MR) is 101 cm³/mol. The Labute approximate surface area is 149 Å². The highest BCUT2D eigenvalue weighted by molar-refractivity contribution is 14.0. The average molecular weight is 464 g/mol. The molecule has 0 atom stereocenters. The first-order valence-corrected chi connectivity index (χ1v) is 7.07. The standard InChI is InChI=1S/C14H18BrN5.HI/c1-9(2)5-17-14(16)18-6-12-8-20-7-11(15)4-10(3)13(20)19-12;/h4,7-8H,1,5-6H2,2-3H3,(H3,16,17,18);1H. The quantitative estimate of drug-likeness (QED) is 0.317. The van der Waals surface area contributed by atoms with Gasteiger partial charge in [0, 0.05) is 23.4 Å². The number of hydrogen-bond acceptors (Lipinski definition) is 2. The molecule has 114 valence electrons. The van der Waals surface area contributed by atoms with Crippen molar-refractivity contribution in [2.75, 3.05) is 6.54 Å². The van der Waals surface area contributed by atoms with Crippen molar-refractivity contribution in [3.63, 3.8) is 0 Å². The lowest BCUT2D eigenvalue weighted by molar-refractivity contribution is 0.928. The molecule has 21 heavy (non-hydrogen) atoms. The number of rotatable bonds is 4. The second-order valence-electron chi connectivity index (χ2n) is 4.82. The molecule has 0 aliphatic carbocycles. The molecule has 0 aliphatic rings. The number of aromatic nitrogens is 2. The van der Waals surface area contributed by atoms with Crippen LogP contribution in [0.4, 0.5) is 0 Å². The minimum absolute atomic E-state index is 0. The summed E-state index contributed by atoms with van der Waals surface area (Å²) >= 11 is 3.47. The zero-order valence-corrected chi connectivity index (χ0v) is 16.0. The maximum absolute atomic E-state index is 5.77. The van der Waals surface area contributed by atoms with Gasteiger partial charge in [0.15, 0.2) is 5.96 Å². The van der Waals surface area contributed by atoms with Crippen LogP contribution in [-0.4, -0.2) is 21.9 Å². The molecule has 0 saturated carbocycles. The first-order chi connectivity index (χ1) is 9.45. The van der Waals surface area contributed by atoms with Gasteiger partial charge < -0.3 is 15.5 Å². The van der Waals surface area contributed by atoms with Crippen molar-refractivity contribution >= 4 is 51.5 Å². The fourth-order valence-corrected chi connectivity index (χ4v) is 2.38. The van der Waals surface area contributed by atoms with E-state index in [1.54, 1.807) is 0 Å². The summed E-state index contributed by atoms with van der Waals surface area (Å²) in [6.07, 6.45) is 3.94. The summed E-state index contributed by atoms with van der Waals surface area (Å²) < 4.78 is 3.01. The third kappa shape index (κ3) is 4.99. The summed E-state index contributed by atoms with van der Waals surface area (Å²) in [5.74, 6) is 0.406. The van der Waals surface area contributed by atoms with Crippen LogP contribution in [0, 0.1) is 6.92 Å². The van der Waals surface area contributed by atoms with Crippen LogP contribution in [0.1, 0.15) is 18.2 Å². The van der Waals surface area contributed by atoms with Crippen LogP contribution in [0.15, 0.2) is 40.1 Å². The molecule has 3 N–H and O–H groups in total. The topological polar surface area (TPSA) is 67.7 Å². The van der Waals surface area contributed by atoms with Gasteiger partial charge in [-0.25, -0.2) is 9.98 Å². The fourth-order valence-electron chi connectivity index (χ4n) is 1.82. The highest BCUT2D eigenvalue weighted by Crippen LogP contribution is 2.17. The summed E-state index contributed by atoms with van der Waals surface area (Å²) in [5, 5.41) is 2.99. The van der Waals surface area contributed by atoms with Crippen LogP contribution in [0.25, 0.3) is 5.65 Å². The maximum atomic E-state index is 5.77. The summed E-state index contributed by atoms with van der Waals surface area (Å²) in [4.78, 5) is 8.82. The van der Waals surface area contributed by atoms with Crippen molar-refractivity contribution in [1.82, 2.24) is 14.7 Å². The van der Waals surface area contributed by atoms with Crippen LogP contribution in [-0.2, 0) is 6.54 Å². The molecule has 2 rings (SSSR count). The number of pyridine rings is 1. The number of hydrogen-bond donors (Lipinski definition) is 2. The number of guanidine groups is 1. The zero-order valence-electron chi connectivity index (χ0n) is 12.1. The largest absolute Gasteiger partial charge is 0.370 e. The molecule has 0 saturated heterocycles. The smallest absolute Gasteiger partial charge is 0.189 e. The van der Waals surface area contributed by atoms with Gasteiger partial charge in [0.25, 0.3) is 0 Å². The van der Waals surface area contributed by atoms with E-state index in [2.05, 4.69) is 37.8 Å². The van der Waals surface area contributed by atoms with Crippen LogP contribution < -0.4 is 11.1 Å². The highest BCUT2D eigenvalue weighted by atomic mass is 127. The molecule has 0 radical (unpaired) electrons. The van der Waals surface area contributed by atoms with Gasteiger partial charge in [0.1, 0.15) is 5.65 Å². The first kappa shape index (κ1) is 18.0. The third-order valence-corrected chi connectivity index (χ3v) is 3.17. The Kier molecular flexibility index (Phi) is 6.66. The van der Waals surface area contributed by atoms with E-state index in [1.807, 2.05) is 36.7 Å². The van der Waals surface area contributed by atoms with E-state index < -0.39 is 0 Å². The van der Waals surface area contributed by atoms with Crippen molar-refractivity contribution < 1.29 is 0 Å². The lowest BCUT2D eigenvalue weighted by atomic mass is 10.3. The van der Waals surface area contributed by atoms with Gasteiger partial charge in [-0.2, -0.15) is 0 Å². The Morgan fingerprint density at radius 2 is 2.24 bits per heavy atom. The number of aliphatic imine (C=N–C) groups is 1. The molecule has 2 heterocycles. The highest BCUT2D eigenvalue weighted by Gasteiger charge is 2.05. The Hall–Kier alpha value is -1.09. The lowest BCUT2D eigenvalue weighted by Crippen LogP contribution is -2.32. The molecule has 2 aromatic rings. The molecule has 0 aliphatic heterocycles. The molecule has 5 nitrogen and oxygen atoms in total. The Morgan fingerprint density at radius 3 is 2.90 bits per heavy atom. The van der Waals surface area contributed by atoms with E-state index in [-0.39, 0.29) is 24.0 Å². The molecular formula is C14H19BrIN5. The second-order valence-corrected chi connectivity index (χ2v) is 5.73. The fraction of sp³-hybridized carbons (Fsp3) is 0.286. The Bertz CT molecular complexity index is 677. The van der Waals surface area contributed by atoms with E-state index in [4.69, 9.17) is 5.73 Å². The van der Waals surface area contributed by atoms with Crippen molar-refractivity contribution in [1.29, 1.82) is 0 Å². The normalized spacial score (nSPS) is 11.3. The average Bonchev–Trinajstić information content (AvgIpc) is 2.77. The molecule has 7 heteroatoms. The monoisotopic (exact) mass is 463 g/mol. The molecule has 0 bridgehead atoms. The number of nitrogens with two attached hydrogens (primary N) is 1. The summed E-state index contributed by atoms with van der Waals surface area (Å²) in [6, 6.07) is 2.04. The van der Waals surface area contributed by atoms with Gasteiger partial charge in [-0.1, -0.05) is 12.2 Å². The van der Waals surface area contributed by atoms with Crippen LogP contribution in [0.3, 0.4) is 0 Å². The van der Waals surface area contributed by atoms with Crippen LogP contribution >= 0.6 is 39.9 Å². The lowest BCUT2D eigenvalue weighted by Gasteiger charge is -2.03. The number of nitrogens with zero attached hydrogens (tertiary/aromatic N) is 3. The van der Waals surface area contributed by atoms with Gasteiger partial charge in [-0.05, 0) is 41.4 Å². The molecular weight excluding hydrogens is 445 g/mol. The van der Waals surface area contributed by atoms with Gasteiger partial charge in [0.05, 0.1) is 12.2 Å². The third-order valence-electron chi connectivity index (χ3n) is 2.73. The number of nitrogens with one attached hydrogen (secondary N) is 1. The van der Waals surface area contributed by atoms with Gasteiger partial charge in [-0.3, -0.25) is 0 Å². The van der Waals surface area contributed by atoms with Crippen LogP contribution in [0.5, 0.6) is 0 Å². The summed E-state index contributed by atoms with van der Waals surface area (Å²) in [7, 11) is 0. The number of aryl methyl sites for hydroxylation is 1. The van der Waals surface area contributed by atoms with Gasteiger partial charge >= 0.3 is 0 Å². The van der Waals surface area contributed by atoms with Crippen molar-refractivity contribution in [2.45, 2.75) is 20.4 Å². The van der Waals surface area contributed by atoms with Crippen molar-refractivity contribution in [3.05, 3.63) is 46.3 Å². The van der Waals surface area contributed by atoms with Crippen LogP contribution in [0.2, 0.25) is 0 Å². The first-order valence-electron chi connectivity index (χ1n) is 6.27. The van der Waals surface area contributed by atoms with Crippen molar-refractivity contribution in [3.8, 4) is 0 Å². The van der Waals surface area contributed by atoms with E-state index in [0.29, 0.717) is 19.0 Å². The zero-order chi connectivity index (χ0) is 14.7. The Balaban J connectivity index is 0.00000220. The van der Waals surface area contributed by atoms with E-state index in [0.717, 1.165) is 27.0 Å². The molecule has 2 aromatic heterocycles. The second kappa shape index (κ2) is 7.79. The SMILES string of the molecule is C=C(C)CNC(N)=NCc1cn2cc(Br)cc(C)c2n1.I.